The standard InChI is InChI=1S/C20H26N4O/c1-23(2)19(25)20(22-18-9-4-3-5-10-18)11-7-13-24(16-20)15-17-8-6-12-21-14-17/h3-6,8-10,12,14,22H,7,11,13,15-16H2,1-2H3. The largest absolute Gasteiger partial charge is 0.370 e. The minimum absolute atomic E-state index is 0.132. The second kappa shape index (κ2) is 7.66. The molecule has 5 heteroatoms. The van der Waals surface area contributed by atoms with Crippen LogP contribution in [0.2, 0.25) is 0 Å². The fraction of sp³-hybridized carbons (Fsp3) is 0.400. The fourth-order valence-corrected chi connectivity index (χ4v) is 3.58. The summed E-state index contributed by atoms with van der Waals surface area (Å²) in [5, 5.41) is 3.54. The molecular weight excluding hydrogens is 312 g/mol. The molecule has 1 fully saturated rings. The predicted octanol–water partition coefficient (Wildman–Crippen LogP) is 2.62. The molecule has 1 unspecified atom stereocenters. The lowest BCUT2D eigenvalue weighted by Crippen LogP contribution is -2.61. The summed E-state index contributed by atoms with van der Waals surface area (Å²) in [7, 11) is 3.66. The first-order chi connectivity index (χ1) is 12.1. The van der Waals surface area contributed by atoms with Crippen LogP contribution in [0.5, 0.6) is 0 Å². The average molecular weight is 338 g/mol. The summed E-state index contributed by atoms with van der Waals surface area (Å²) in [5.41, 5.74) is 1.57. The molecule has 0 radical (unpaired) electrons. The van der Waals surface area contributed by atoms with Crippen LogP contribution in [0.25, 0.3) is 0 Å². The molecular formula is C20H26N4O. The van der Waals surface area contributed by atoms with Gasteiger partial charge < -0.3 is 10.2 Å². The van der Waals surface area contributed by atoms with E-state index in [9.17, 15) is 4.79 Å². The third-order valence-corrected chi connectivity index (χ3v) is 4.67. The summed E-state index contributed by atoms with van der Waals surface area (Å²) < 4.78 is 0. The number of nitrogens with zero attached hydrogens (tertiary/aromatic N) is 3. The van der Waals surface area contributed by atoms with Crippen molar-refractivity contribution in [2.24, 2.45) is 0 Å². The van der Waals surface area contributed by atoms with Gasteiger partial charge in [-0.25, -0.2) is 0 Å². The van der Waals surface area contributed by atoms with Crippen molar-refractivity contribution in [3.63, 3.8) is 0 Å². The minimum atomic E-state index is -0.592. The monoisotopic (exact) mass is 338 g/mol. The zero-order valence-corrected chi connectivity index (χ0v) is 15.0. The average Bonchev–Trinajstić information content (AvgIpc) is 2.63. The number of amides is 1. The molecule has 132 valence electrons. The highest BCUT2D eigenvalue weighted by Gasteiger charge is 2.43. The Morgan fingerprint density at radius 3 is 2.72 bits per heavy atom. The van der Waals surface area contributed by atoms with E-state index in [1.807, 2.05) is 56.7 Å². The Labute approximate surface area is 149 Å². The van der Waals surface area contributed by atoms with E-state index in [0.717, 1.165) is 31.6 Å². The van der Waals surface area contributed by atoms with Crippen LogP contribution in [0.1, 0.15) is 18.4 Å². The van der Waals surface area contributed by atoms with Gasteiger partial charge in [0.1, 0.15) is 5.54 Å². The normalized spacial score (nSPS) is 20.9. The van der Waals surface area contributed by atoms with Gasteiger partial charge >= 0.3 is 0 Å². The smallest absolute Gasteiger partial charge is 0.249 e. The number of rotatable bonds is 5. The minimum Gasteiger partial charge on any atom is -0.370 e. The number of piperidine rings is 1. The van der Waals surface area contributed by atoms with Crippen molar-refractivity contribution in [1.29, 1.82) is 0 Å². The van der Waals surface area contributed by atoms with Crippen molar-refractivity contribution in [3.8, 4) is 0 Å². The van der Waals surface area contributed by atoms with Gasteiger partial charge in [0, 0.05) is 45.3 Å². The van der Waals surface area contributed by atoms with Gasteiger partial charge in [-0.15, -0.1) is 0 Å². The number of carbonyl (C=O) groups excluding carboxylic acids is 1. The van der Waals surface area contributed by atoms with Gasteiger partial charge in [0.05, 0.1) is 0 Å². The molecule has 1 aliphatic heterocycles. The van der Waals surface area contributed by atoms with Crippen LogP contribution in [-0.4, -0.2) is 53.4 Å². The van der Waals surface area contributed by atoms with Crippen molar-refractivity contribution >= 4 is 11.6 Å². The van der Waals surface area contributed by atoms with Crippen LogP contribution in [-0.2, 0) is 11.3 Å². The summed E-state index contributed by atoms with van der Waals surface area (Å²) in [6, 6.07) is 14.1. The molecule has 25 heavy (non-hydrogen) atoms. The third-order valence-electron chi connectivity index (χ3n) is 4.67. The van der Waals surface area contributed by atoms with Gasteiger partial charge in [-0.05, 0) is 43.1 Å². The van der Waals surface area contributed by atoms with E-state index in [1.54, 1.807) is 11.1 Å². The molecule has 1 aromatic heterocycles. The topological polar surface area (TPSA) is 48.5 Å². The Morgan fingerprint density at radius 1 is 1.24 bits per heavy atom. The molecule has 3 rings (SSSR count). The molecule has 1 aliphatic rings. The summed E-state index contributed by atoms with van der Waals surface area (Å²) in [6.07, 6.45) is 5.51. The third kappa shape index (κ3) is 4.17. The van der Waals surface area contributed by atoms with Crippen LogP contribution >= 0.6 is 0 Å². The van der Waals surface area contributed by atoms with E-state index in [4.69, 9.17) is 0 Å². The first-order valence-electron chi connectivity index (χ1n) is 8.75. The lowest BCUT2D eigenvalue weighted by Gasteiger charge is -2.44. The van der Waals surface area contributed by atoms with Gasteiger partial charge in [-0.3, -0.25) is 14.7 Å². The highest BCUT2D eigenvalue weighted by Crippen LogP contribution is 2.28. The van der Waals surface area contributed by atoms with Crippen molar-refractivity contribution in [2.45, 2.75) is 24.9 Å². The molecule has 0 spiro atoms. The fourth-order valence-electron chi connectivity index (χ4n) is 3.58. The van der Waals surface area contributed by atoms with Gasteiger partial charge in [0.15, 0.2) is 0 Å². The van der Waals surface area contributed by atoms with E-state index >= 15 is 0 Å². The van der Waals surface area contributed by atoms with Crippen molar-refractivity contribution < 1.29 is 4.79 Å². The number of likely N-dealkylation sites (N-methyl/N-ethyl adjacent to an activating group) is 1. The van der Waals surface area contributed by atoms with Crippen LogP contribution < -0.4 is 5.32 Å². The summed E-state index contributed by atoms with van der Waals surface area (Å²) in [6.45, 7) is 2.49. The maximum atomic E-state index is 13.0. The number of carbonyl (C=O) groups is 1. The molecule has 1 aromatic carbocycles. The summed E-state index contributed by atoms with van der Waals surface area (Å²) in [5.74, 6) is 0.132. The second-order valence-electron chi connectivity index (χ2n) is 6.95. The zero-order chi connectivity index (χ0) is 17.7. The highest BCUT2D eigenvalue weighted by atomic mass is 16.2. The Balaban J connectivity index is 1.82. The number of aromatic nitrogens is 1. The molecule has 1 N–H and O–H groups in total. The van der Waals surface area contributed by atoms with Crippen LogP contribution in [0.15, 0.2) is 54.9 Å². The van der Waals surface area contributed by atoms with Crippen molar-refractivity contribution in [2.75, 3.05) is 32.5 Å². The van der Waals surface area contributed by atoms with Crippen LogP contribution in [0, 0.1) is 0 Å². The Hall–Kier alpha value is -2.40. The van der Waals surface area contributed by atoms with E-state index < -0.39 is 5.54 Å². The maximum Gasteiger partial charge on any atom is 0.249 e. The molecule has 1 atom stereocenters. The molecule has 2 heterocycles. The predicted molar refractivity (Wildman–Crippen MR) is 100 cm³/mol. The number of anilines is 1. The lowest BCUT2D eigenvalue weighted by atomic mass is 9.86. The molecule has 0 bridgehead atoms. The first-order valence-corrected chi connectivity index (χ1v) is 8.75. The van der Waals surface area contributed by atoms with Gasteiger partial charge in [0.2, 0.25) is 5.91 Å². The molecule has 0 aliphatic carbocycles. The van der Waals surface area contributed by atoms with Crippen LogP contribution in [0.4, 0.5) is 5.69 Å². The zero-order valence-electron chi connectivity index (χ0n) is 15.0. The van der Waals surface area contributed by atoms with E-state index in [-0.39, 0.29) is 5.91 Å². The highest BCUT2D eigenvalue weighted by molar-refractivity contribution is 5.89. The Bertz CT molecular complexity index is 689. The first kappa shape index (κ1) is 17.4. The quantitative estimate of drug-likeness (QED) is 0.910. The van der Waals surface area contributed by atoms with Crippen molar-refractivity contribution in [1.82, 2.24) is 14.8 Å². The number of likely N-dealkylation sites (tertiary alicyclic amines) is 1. The molecule has 1 saturated heterocycles. The number of nitrogens with one attached hydrogen (secondary N) is 1. The lowest BCUT2D eigenvalue weighted by molar-refractivity contribution is -0.135. The van der Waals surface area contributed by atoms with E-state index in [0.29, 0.717) is 6.54 Å². The number of para-hydroxylation sites is 1. The Kier molecular flexibility index (Phi) is 5.34. The molecule has 0 saturated carbocycles. The number of hydrogen-bond acceptors (Lipinski definition) is 4. The van der Waals surface area contributed by atoms with Gasteiger partial charge in [-0.1, -0.05) is 24.3 Å². The summed E-state index contributed by atoms with van der Waals surface area (Å²) in [4.78, 5) is 21.3. The van der Waals surface area contributed by atoms with Crippen LogP contribution in [0.3, 0.4) is 0 Å². The molecule has 1 amide bonds. The maximum absolute atomic E-state index is 13.0. The molecule has 5 nitrogen and oxygen atoms in total. The number of pyridine rings is 1. The molecule has 2 aromatic rings. The van der Waals surface area contributed by atoms with Gasteiger partial charge in [-0.2, -0.15) is 0 Å². The van der Waals surface area contributed by atoms with E-state index in [2.05, 4.69) is 21.3 Å². The number of hydrogen-bond donors (Lipinski definition) is 1. The van der Waals surface area contributed by atoms with Crippen molar-refractivity contribution in [3.05, 3.63) is 60.4 Å². The number of benzene rings is 1. The second-order valence-corrected chi connectivity index (χ2v) is 6.95. The SMILES string of the molecule is CN(C)C(=O)C1(Nc2ccccc2)CCCN(Cc2cccnc2)C1. The summed E-state index contributed by atoms with van der Waals surface area (Å²) >= 11 is 0. The Morgan fingerprint density at radius 2 is 2.04 bits per heavy atom. The van der Waals surface area contributed by atoms with Gasteiger partial charge in [0.25, 0.3) is 0 Å². The van der Waals surface area contributed by atoms with E-state index in [1.165, 1.54) is 5.56 Å².